The minimum absolute atomic E-state index is 0.615. The second-order valence-corrected chi connectivity index (χ2v) is 5.18. The Hall–Kier alpha value is -1.87. The zero-order valence-electron chi connectivity index (χ0n) is 12.6. The number of aryl methyl sites for hydroxylation is 1. The van der Waals surface area contributed by atoms with Gasteiger partial charge >= 0.3 is 0 Å². The van der Waals surface area contributed by atoms with Crippen LogP contribution >= 0.6 is 11.6 Å². The van der Waals surface area contributed by atoms with E-state index in [1.807, 2.05) is 37.3 Å². The summed E-state index contributed by atoms with van der Waals surface area (Å²) in [4.78, 5) is 0. The predicted octanol–water partition coefficient (Wildman–Crippen LogP) is 4.67. The molecule has 0 aliphatic carbocycles. The van der Waals surface area contributed by atoms with Crippen molar-refractivity contribution in [1.29, 1.82) is 0 Å². The summed E-state index contributed by atoms with van der Waals surface area (Å²) in [5.41, 5.74) is 3.18. The third-order valence-corrected chi connectivity index (χ3v) is 3.38. The number of halogens is 1. The number of nitrogens with one attached hydrogen (secondary N) is 1. The quantitative estimate of drug-likeness (QED) is 0.841. The Kier molecular flexibility index (Phi) is 5.34. The molecule has 112 valence electrons. The van der Waals surface area contributed by atoms with Crippen LogP contribution in [0.5, 0.6) is 11.5 Å². The molecule has 4 heteroatoms. The van der Waals surface area contributed by atoms with Gasteiger partial charge in [0.15, 0.2) is 0 Å². The summed E-state index contributed by atoms with van der Waals surface area (Å²) < 4.78 is 11.0. The van der Waals surface area contributed by atoms with E-state index in [0.717, 1.165) is 22.7 Å². The van der Waals surface area contributed by atoms with E-state index in [1.54, 1.807) is 7.11 Å². The average molecular weight is 306 g/mol. The van der Waals surface area contributed by atoms with Crippen LogP contribution in [0.1, 0.15) is 18.1 Å². The Morgan fingerprint density at radius 1 is 1.10 bits per heavy atom. The van der Waals surface area contributed by atoms with E-state index in [-0.39, 0.29) is 0 Å². The average Bonchev–Trinajstić information content (AvgIpc) is 2.48. The fourth-order valence-corrected chi connectivity index (χ4v) is 2.33. The molecule has 0 amide bonds. The second-order valence-electron chi connectivity index (χ2n) is 4.74. The maximum absolute atomic E-state index is 6.06. The molecule has 0 aliphatic rings. The van der Waals surface area contributed by atoms with Crippen molar-refractivity contribution in [3.05, 3.63) is 52.5 Å². The van der Waals surface area contributed by atoms with E-state index in [0.29, 0.717) is 18.2 Å². The van der Waals surface area contributed by atoms with Crippen LogP contribution in [0.4, 0.5) is 5.69 Å². The number of rotatable bonds is 6. The molecule has 2 aromatic carbocycles. The highest BCUT2D eigenvalue weighted by Gasteiger charge is 2.07. The van der Waals surface area contributed by atoms with Crippen molar-refractivity contribution in [2.45, 2.75) is 20.4 Å². The molecule has 1 N–H and O–H groups in total. The van der Waals surface area contributed by atoms with Gasteiger partial charge in [-0.25, -0.2) is 0 Å². The number of hydrogen-bond acceptors (Lipinski definition) is 3. The summed E-state index contributed by atoms with van der Waals surface area (Å²) in [6, 6.07) is 11.7. The van der Waals surface area contributed by atoms with Crippen LogP contribution in [-0.4, -0.2) is 13.7 Å². The van der Waals surface area contributed by atoms with Crippen LogP contribution in [0.15, 0.2) is 36.4 Å². The normalized spacial score (nSPS) is 10.3. The Labute approximate surface area is 130 Å². The minimum Gasteiger partial charge on any atom is -0.496 e. The highest BCUT2D eigenvalue weighted by atomic mass is 35.5. The van der Waals surface area contributed by atoms with E-state index < -0.39 is 0 Å². The van der Waals surface area contributed by atoms with Gasteiger partial charge in [0, 0.05) is 17.1 Å². The highest BCUT2D eigenvalue weighted by Crippen LogP contribution is 2.29. The molecule has 0 fully saturated rings. The Morgan fingerprint density at radius 2 is 1.86 bits per heavy atom. The van der Waals surface area contributed by atoms with Crippen molar-refractivity contribution in [2.75, 3.05) is 19.0 Å². The molecule has 0 radical (unpaired) electrons. The molecule has 0 unspecified atom stereocenters. The molecule has 2 rings (SSSR count). The molecular formula is C17H20ClNO2. The smallest absolute Gasteiger partial charge is 0.142 e. The Bertz CT molecular complexity index is 614. The van der Waals surface area contributed by atoms with Gasteiger partial charge in [-0.2, -0.15) is 0 Å². The number of benzene rings is 2. The van der Waals surface area contributed by atoms with Crippen molar-refractivity contribution in [3.63, 3.8) is 0 Å². The first kappa shape index (κ1) is 15.5. The second kappa shape index (κ2) is 7.23. The molecule has 0 bridgehead atoms. The summed E-state index contributed by atoms with van der Waals surface area (Å²) in [7, 11) is 1.68. The van der Waals surface area contributed by atoms with E-state index in [4.69, 9.17) is 21.1 Å². The lowest BCUT2D eigenvalue weighted by Gasteiger charge is -2.15. The molecule has 0 saturated heterocycles. The third kappa shape index (κ3) is 4.05. The molecule has 0 atom stereocenters. The lowest BCUT2D eigenvalue weighted by Crippen LogP contribution is -2.04. The fraction of sp³-hybridized carbons (Fsp3) is 0.294. The summed E-state index contributed by atoms with van der Waals surface area (Å²) >= 11 is 6.06. The number of methoxy groups -OCH3 is 1. The molecular weight excluding hydrogens is 286 g/mol. The van der Waals surface area contributed by atoms with Crippen LogP contribution in [0.3, 0.4) is 0 Å². The zero-order chi connectivity index (χ0) is 15.2. The largest absolute Gasteiger partial charge is 0.496 e. The van der Waals surface area contributed by atoms with E-state index in [2.05, 4.69) is 18.3 Å². The first-order valence-electron chi connectivity index (χ1n) is 6.93. The molecule has 0 spiro atoms. The van der Waals surface area contributed by atoms with Crippen molar-refractivity contribution in [1.82, 2.24) is 0 Å². The summed E-state index contributed by atoms with van der Waals surface area (Å²) in [5, 5.41) is 4.05. The zero-order valence-corrected chi connectivity index (χ0v) is 13.3. The highest BCUT2D eigenvalue weighted by molar-refractivity contribution is 6.30. The number of hydrogen-bond donors (Lipinski definition) is 1. The molecule has 0 saturated carbocycles. The first-order valence-corrected chi connectivity index (χ1v) is 7.31. The molecule has 0 heterocycles. The standard InChI is InChI=1S/C17H20ClNO2/c1-4-21-17-8-6-14(18)10-15(17)19-11-13-9-12(2)5-7-16(13)20-3/h5-10,19H,4,11H2,1-3H3. The summed E-state index contributed by atoms with van der Waals surface area (Å²) in [6.45, 7) is 5.28. The van der Waals surface area contributed by atoms with Crippen molar-refractivity contribution < 1.29 is 9.47 Å². The predicted molar refractivity (Wildman–Crippen MR) is 87.7 cm³/mol. The van der Waals surface area contributed by atoms with Gasteiger partial charge in [0.25, 0.3) is 0 Å². The molecule has 21 heavy (non-hydrogen) atoms. The number of anilines is 1. The molecule has 0 aromatic heterocycles. The fourth-order valence-electron chi connectivity index (χ4n) is 2.16. The molecule has 3 nitrogen and oxygen atoms in total. The Balaban J connectivity index is 2.19. The van der Waals surface area contributed by atoms with Crippen LogP contribution in [-0.2, 0) is 6.54 Å². The van der Waals surface area contributed by atoms with Crippen molar-refractivity contribution in [2.24, 2.45) is 0 Å². The van der Waals surface area contributed by atoms with E-state index >= 15 is 0 Å². The minimum atomic E-state index is 0.615. The summed E-state index contributed by atoms with van der Waals surface area (Å²) in [6.07, 6.45) is 0. The van der Waals surface area contributed by atoms with Crippen molar-refractivity contribution >= 4 is 17.3 Å². The van der Waals surface area contributed by atoms with Crippen LogP contribution in [0, 0.1) is 6.92 Å². The van der Waals surface area contributed by atoms with Gasteiger partial charge in [0.2, 0.25) is 0 Å². The summed E-state index contributed by atoms with van der Waals surface area (Å²) in [5.74, 6) is 1.67. The molecule has 2 aromatic rings. The van der Waals surface area contributed by atoms with E-state index in [9.17, 15) is 0 Å². The monoisotopic (exact) mass is 305 g/mol. The maximum atomic E-state index is 6.06. The SMILES string of the molecule is CCOc1ccc(Cl)cc1NCc1cc(C)ccc1OC. The van der Waals surface area contributed by atoms with Gasteiger partial charge < -0.3 is 14.8 Å². The van der Waals surface area contributed by atoms with Crippen LogP contribution in [0.2, 0.25) is 5.02 Å². The lowest BCUT2D eigenvalue weighted by molar-refractivity contribution is 0.341. The van der Waals surface area contributed by atoms with E-state index in [1.165, 1.54) is 5.56 Å². The van der Waals surface area contributed by atoms with Gasteiger partial charge in [-0.15, -0.1) is 0 Å². The van der Waals surface area contributed by atoms with Gasteiger partial charge in [-0.1, -0.05) is 29.3 Å². The van der Waals surface area contributed by atoms with Crippen LogP contribution < -0.4 is 14.8 Å². The number of ether oxygens (including phenoxy) is 2. The van der Waals surface area contributed by atoms with Gasteiger partial charge in [0.1, 0.15) is 11.5 Å². The van der Waals surface area contributed by atoms with Gasteiger partial charge in [0.05, 0.1) is 19.4 Å². The van der Waals surface area contributed by atoms with Crippen molar-refractivity contribution in [3.8, 4) is 11.5 Å². The first-order chi connectivity index (χ1) is 10.1. The Morgan fingerprint density at radius 3 is 2.57 bits per heavy atom. The topological polar surface area (TPSA) is 30.5 Å². The molecule has 0 aliphatic heterocycles. The lowest BCUT2D eigenvalue weighted by atomic mass is 10.1. The maximum Gasteiger partial charge on any atom is 0.142 e. The van der Waals surface area contributed by atoms with Gasteiger partial charge in [-0.3, -0.25) is 0 Å². The van der Waals surface area contributed by atoms with Crippen LogP contribution in [0.25, 0.3) is 0 Å². The van der Waals surface area contributed by atoms with Gasteiger partial charge in [-0.05, 0) is 38.1 Å². The third-order valence-electron chi connectivity index (χ3n) is 3.15.